The molecule has 0 N–H and O–H groups in total. The van der Waals surface area contributed by atoms with Crippen molar-refractivity contribution in [2.45, 2.75) is 0 Å². The van der Waals surface area contributed by atoms with E-state index in [-0.39, 0.29) is 0 Å². The van der Waals surface area contributed by atoms with Gasteiger partial charge in [0.25, 0.3) is 0 Å². The summed E-state index contributed by atoms with van der Waals surface area (Å²) in [6.07, 6.45) is 14.3. The van der Waals surface area contributed by atoms with Crippen molar-refractivity contribution in [2.75, 3.05) is 0 Å². The van der Waals surface area contributed by atoms with Crippen LogP contribution in [-0.4, -0.2) is 39.9 Å². The summed E-state index contributed by atoms with van der Waals surface area (Å²) in [6, 6.07) is 31.6. The molecule has 8 heteroatoms. The molecule has 13 rings (SSSR count). The first-order chi connectivity index (χ1) is 31.8. The Hall–Kier alpha value is -9.60. The van der Waals surface area contributed by atoms with E-state index in [9.17, 15) is 0 Å². The number of fused-ring (bicyclic) bond motifs is 24. The van der Waals surface area contributed by atoms with Gasteiger partial charge in [0.2, 0.25) is 0 Å². The Morgan fingerprint density at radius 3 is 0.438 bits per heavy atom. The van der Waals surface area contributed by atoms with E-state index in [2.05, 4.69) is 47.4 Å². The van der Waals surface area contributed by atoms with Crippen molar-refractivity contribution in [3.05, 3.63) is 191 Å². The molecule has 12 aromatic rings. The highest BCUT2D eigenvalue weighted by molar-refractivity contribution is 6.14. The molecule has 64 heavy (non-hydrogen) atoms. The maximum absolute atomic E-state index is 4.85. The highest BCUT2D eigenvalue weighted by Crippen LogP contribution is 2.36. The Morgan fingerprint density at radius 2 is 0.312 bits per heavy atom. The van der Waals surface area contributed by atoms with Gasteiger partial charge in [0.15, 0.2) is 0 Å². The second-order valence-corrected chi connectivity index (χ2v) is 15.2. The zero-order valence-electron chi connectivity index (χ0n) is 33.4. The summed E-state index contributed by atoms with van der Waals surface area (Å²) in [7, 11) is 0. The van der Waals surface area contributed by atoms with Gasteiger partial charge in [0.05, 0.1) is 88.6 Å². The molecule has 288 valence electrons. The summed E-state index contributed by atoms with van der Waals surface area (Å²) in [5.41, 5.74) is 11.5. The van der Waals surface area contributed by atoms with E-state index in [4.69, 9.17) is 39.9 Å². The van der Waals surface area contributed by atoms with E-state index in [0.717, 1.165) is 87.2 Å². The van der Waals surface area contributed by atoms with Gasteiger partial charge in [-0.15, -0.1) is 0 Å². The van der Waals surface area contributed by atoms with E-state index in [1.807, 2.05) is 97.1 Å². The van der Waals surface area contributed by atoms with Gasteiger partial charge in [-0.1, -0.05) is 47.4 Å². The molecule has 8 aromatic heterocycles. The first kappa shape index (κ1) is 35.2. The van der Waals surface area contributed by atoms with Crippen LogP contribution < -0.4 is 0 Å². The van der Waals surface area contributed by atoms with Crippen molar-refractivity contribution in [2.24, 2.45) is 0 Å². The van der Waals surface area contributed by atoms with Gasteiger partial charge in [-0.05, 0) is 97.1 Å². The van der Waals surface area contributed by atoms with Crippen LogP contribution in [0.25, 0.3) is 87.2 Å². The van der Waals surface area contributed by atoms with Crippen molar-refractivity contribution in [1.82, 2.24) is 39.9 Å². The molecule has 0 saturated carbocycles. The molecule has 0 spiro atoms. The zero-order chi connectivity index (χ0) is 42.1. The van der Waals surface area contributed by atoms with Crippen molar-refractivity contribution in [1.29, 1.82) is 0 Å². The summed E-state index contributed by atoms with van der Waals surface area (Å²) < 4.78 is 0. The van der Waals surface area contributed by atoms with Crippen LogP contribution in [0.5, 0.6) is 0 Å². The van der Waals surface area contributed by atoms with Crippen LogP contribution in [-0.2, 0) is 0 Å². The van der Waals surface area contributed by atoms with E-state index in [1.165, 1.54) is 0 Å². The number of hydrogen-bond donors (Lipinski definition) is 0. The number of benzene rings is 4. The van der Waals surface area contributed by atoms with E-state index in [1.54, 1.807) is 49.6 Å². The molecule has 0 bridgehead atoms. The molecule has 0 saturated heterocycles. The van der Waals surface area contributed by atoms with Gasteiger partial charge in [-0.25, -0.2) is 0 Å². The molecule has 8 heterocycles. The Kier molecular flexibility index (Phi) is 7.69. The maximum Gasteiger partial charge on any atom is 0.0977 e. The molecule has 8 nitrogen and oxygen atoms in total. The highest BCUT2D eigenvalue weighted by Gasteiger charge is 2.20. The molecule has 1 aliphatic rings. The normalized spacial score (nSPS) is 11.8. The van der Waals surface area contributed by atoms with Gasteiger partial charge >= 0.3 is 0 Å². The van der Waals surface area contributed by atoms with Crippen molar-refractivity contribution in [3.63, 3.8) is 0 Å². The molecular weight excluding hydrogens is 785 g/mol. The number of nitrogens with zero attached hydrogens (tertiary/aromatic N) is 8. The molecule has 0 unspecified atom stereocenters. The van der Waals surface area contributed by atoms with Crippen LogP contribution in [0.15, 0.2) is 147 Å². The predicted molar refractivity (Wildman–Crippen MR) is 252 cm³/mol. The topological polar surface area (TPSA) is 103 Å². The van der Waals surface area contributed by atoms with E-state index < -0.39 is 0 Å². The SMILES string of the molecule is C1#Cc2c(c3cccnc3c3ncccc23)C#Cc2c(c3cccnc3c3ncccc23)C#Cc2c(c3cccnc3c3ncccc23)C#Cc2c1c1cccnc1c1ncccc21. The first-order valence-corrected chi connectivity index (χ1v) is 20.5. The van der Waals surface area contributed by atoms with Crippen LogP contribution in [0.4, 0.5) is 0 Å². The third kappa shape index (κ3) is 5.25. The molecule has 4 aromatic carbocycles. The molecular formula is C56H24N8. The van der Waals surface area contributed by atoms with Crippen LogP contribution >= 0.6 is 0 Å². The summed E-state index contributed by atoms with van der Waals surface area (Å²) in [5, 5.41) is 6.61. The lowest BCUT2D eigenvalue weighted by Crippen LogP contribution is -1.98. The average Bonchev–Trinajstić information content (AvgIpc) is 3.36. The third-order valence-electron chi connectivity index (χ3n) is 11.8. The molecule has 0 radical (unpaired) electrons. The third-order valence-corrected chi connectivity index (χ3v) is 11.8. The van der Waals surface area contributed by atoms with Crippen molar-refractivity contribution < 1.29 is 0 Å². The Morgan fingerprint density at radius 1 is 0.188 bits per heavy atom. The minimum absolute atomic E-state index is 0.712. The van der Waals surface area contributed by atoms with Crippen LogP contribution in [0.3, 0.4) is 0 Å². The Labute approximate surface area is 364 Å². The quantitative estimate of drug-likeness (QED) is 0.110. The monoisotopic (exact) mass is 808 g/mol. The van der Waals surface area contributed by atoms with E-state index >= 15 is 0 Å². The smallest absolute Gasteiger partial charge is 0.0977 e. The fraction of sp³-hybridized carbons (Fsp3) is 0. The number of pyridine rings is 8. The minimum atomic E-state index is 0.712. The van der Waals surface area contributed by atoms with Crippen LogP contribution in [0.2, 0.25) is 0 Å². The summed E-state index contributed by atoms with van der Waals surface area (Å²) in [6.45, 7) is 0. The Balaban J connectivity index is 1.27. The van der Waals surface area contributed by atoms with Gasteiger partial charge in [0, 0.05) is 92.7 Å². The maximum atomic E-state index is 4.85. The fourth-order valence-electron chi connectivity index (χ4n) is 8.98. The van der Waals surface area contributed by atoms with Crippen LogP contribution in [0, 0.1) is 47.4 Å². The lowest BCUT2D eigenvalue weighted by molar-refractivity contribution is 1.37. The molecule has 0 aliphatic heterocycles. The van der Waals surface area contributed by atoms with Gasteiger partial charge < -0.3 is 0 Å². The van der Waals surface area contributed by atoms with E-state index in [0.29, 0.717) is 44.5 Å². The Bertz CT molecular complexity index is 3530. The van der Waals surface area contributed by atoms with Crippen LogP contribution in [0.1, 0.15) is 44.5 Å². The largest absolute Gasteiger partial charge is 0.254 e. The minimum Gasteiger partial charge on any atom is -0.254 e. The standard InChI is InChI=1S/C56H24N8/c1-9-41-33-17-18-35-37(45-13-5-29-61-53(45)51-43(35)11-3-27-59-51)21-22-39-40(48-16-8-32-64-56(48)55-47(39)15-7-31-63-55)24-23-38-36(44-12-4-28-60-52(44)54-46(38)14-6-30-62-54)20-19-34(33)42-10-2-26-58-50(42)49(41)57-25-1/h1-16,25-32H. The molecule has 0 fully saturated rings. The van der Waals surface area contributed by atoms with Gasteiger partial charge in [-0.2, -0.15) is 0 Å². The number of rotatable bonds is 0. The zero-order valence-corrected chi connectivity index (χ0v) is 33.4. The van der Waals surface area contributed by atoms with Crippen molar-refractivity contribution in [3.8, 4) is 47.4 Å². The molecule has 0 atom stereocenters. The number of aromatic nitrogens is 8. The van der Waals surface area contributed by atoms with Crippen molar-refractivity contribution >= 4 is 87.2 Å². The summed E-state index contributed by atoms with van der Waals surface area (Å²) in [4.78, 5) is 38.8. The van der Waals surface area contributed by atoms with Gasteiger partial charge in [0.1, 0.15) is 0 Å². The second kappa shape index (κ2) is 14.0. The molecule has 0 amide bonds. The fourth-order valence-corrected chi connectivity index (χ4v) is 8.98. The number of hydrogen-bond acceptors (Lipinski definition) is 8. The lowest BCUT2D eigenvalue weighted by Gasteiger charge is -2.12. The summed E-state index contributed by atoms with van der Waals surface area (Å²) in [5.74, 6) is 29.2. The lowest BCUT2D eigenvalue weighted by atomic mass is 9.92. The summed E-state index contributed by atoms with van der Waals surface area (Å²) >= 11 is 0. The second-order valence-electron chi connectivity index (χ2n) is 15.2. The van der Waals surface area contributed by atoms with Gasteiger partial charge in [-0.3, -0.25) is 39.9 Å². The average molecular weight is 809 g/mol. The highest BCUT2D eigenvalue weighted by atomic mass is 14.8. The molecule has 1 aliphatic carbocycles. The predicted octanol–water partition coefficient (Wildman–Crippen LogP) is 9.98. The first-order valence-electron chi connectivity index (χ1n) is 20.5.